The van der Waals surface area contributed by atoms with E-state index < -0.39 is 0 Å². The third kappa shape index (κ3) is 3.39. The molecule has 0 aromatic heterocycles. The molecule has 3 heteroatoms. The summed E-state index contributed by atoms with van der Waals surface area (Å²) in [6, 6.07) is 6.20. The van der Waals surface area contributed by atoms with Crippen molar-refractivity contribution in [3.05, 3.63) is 29.3 Å². The van der Waals surface area contributed by atoms with E-state index in [1.165, 1.54) is 12.0 Å². The van der Waals surface area contributed by atoms with Gasteiger partial charge in [-0.1, -0.05) is 17.7 Å². The maximum atomic E-state index is 6.10. The van der Waals surface area contributed by atoms with Crippen LogP contribution in [0.3, 0.4) is 0 Å². The number of hydrogen-bond donors (Lipinski definition) is 0. The normalized spacial score (nSPS) is 23.9. The molecule has 2 atom stereocenters. The largest absolute Gasteiger partial charge is 0.490 e. The lowest BCUT2D eigenvalue weighted by Gasteiger charge is -2.29. The molecular formula is C15H21ClO2. The number of rotatable bonds is 4. The zero-order valence-electron chi connectivity index (χ0n) is 11.1. The molecule has 100 valence electrons. The van der Waals surface area contributed by atoms with Gasteiger partial charge in [-0.2, -0.15) is 0 Å². The molecule has 1 aliphatic rings. The number of hydrogen-bond acceptors (Lipinski definition) is 2. The van der Waals surface area contributed by atoms with Gasteiger partial charge in [-0.3, -0.25) is 0 Å². The van der Waals surface area contributed by atoms with E-state index in [-0.39, 0.29) is 6.10 Å². The number of ether oxygens (including phenoxy) is 2. The first-order valence-electron chi connectivity index (χ1n) is 6.58. The SMILES string of the molecule is COC1CCCC(Oc2ccc(C)cc2CCl)C1. The van der Waals surface area contributed by atoms with Gasteiger partial charge in [0, 0.05) is 19.1 Å². The van der Waals surface area contributed by atoms with Crippen LogP contribution in [0, 0.1) is 6.92 Å². The Hall–Kier alpha value is -0.730. The Labute approximate surface area is 114 Å². The first-order chi connectivity index (χ1) is 8.72. The van der Waals surface area contributed by atoms with Crippen molar-refractivity contribution in [3.8, 4) is 5.75 Å². The van der Waals surface area contributed by atoms with Gasteiger partial charge in [-0.05, 0) is 32.3 Å². The van der Waals surface area contributed by atoms with Crippen molar-refractivity contribution in [1.82, 2.24) is 0 Å². The number of alkyl halides is 1. The summed E-state index contributed by atoms with van der Waals surface area (Å²) in [7, 11) is 1.78. The Morgan fingerprint density at radius 1 is 1.28 bits per heavy atom. The van der Waals surface area contributed by atoms with Gasteiger partial charge in [-0.25, -0.2) is 0 Å². The van der Waals surface area contributed by atoms with E-state index in [0.29, 0.717) is 12.0 Å². The summed E-state index contributed by atoms with van der Waals surface area (Å²) in [6.07, 6.45) is 5.00. The number of halogens is 1. The molecule has 0 amide bonds. The lowest BCUT2D eigenvalue weighted by atomic mass is 9.95. The zero-order chi connectivity index (χ0) is 13.0. The summed E-state index contributed by atoms with van der Waals surface area (Å²) in [4.78, 5) is 0. The Balaban J connectivity index is 2.04. The quantitative estimate of drug-likeness (QED) is 0.767. The van der Waals surface area contributed by atoms with Gasteiger partial charge >= 0.3 is 0 Å². The Kier molecular flexibility index (Phi) is 4.90. The molecule has 18 heavy (non-hydrogen) atoms. The number of aryl methyl sites for hydroxylation is 1. The lowest BCUT2D eigenvalue weighted by Crippen LogP contribution is -2.29. The highest BCUT2D eigenvalue weighted by Crippen LogP contribution is 2.28. The summed E-state index contributed by atoms with van der Waals surface area (Å²) in [6.45, 7) is 2.07. The van der Waals surface area contributed by atoms with Crippen LogP contribution < -0.4 is 4.74 Å². The minimum atomic E-state index is 0.258. The summed E-state index contributed by atoms with van der Waals surface area (Å²) >= 11 is 5.97. The van der Waals surface area contributed by atoms with Crippen molar-refractivity contribution >= 4 is 11.6 Å². The Morgan fingerprint density at radius 2 is 2.06 bits per heavy atom. The highest BCUT2D eigenvalue weighted by Gasteiger charge is 2.23. The highest BCUT2D eigenvalue weighted by molar-refractivity contribution is 6.17. The van der Waals surface area contributed by atoms with Gasteiger partial charge in [0.25, 0.3) is 0 Å². The second-order valence-corrected chi connectivity index (χ2v) is 5.28. The van der Waals surface area contributed by atoms with Crippen LogP contribution in [0.4, 0.5) is 0 Å². The molecule has 2 rings (SSSR count). The first kappa shape index (κ1) is 13.7. The average molecular weight is 269 g/mol. The molecular weight excluding hydrogens is 248 g/mol. The van der Waals surface area contributed by atoms with Crippen LogP contribution in [0.2, 0.25) is 0 Å². The van der Waals surface area contributed by atoms with Crippen LogP contribution in [0.25, 0.3) is 0 Å². The predicted molar refractivity (Wildman–Crippen MR) is 74.4 cm³/mol. The third-order valence-electron chi connectivity index (χ3n) is 3.56. The average Bonchev–Trinajstić information content (AvgIpc) is 2.41. The van der Waals surface area contributed by atoms with Crippen molar-refractivity contribution < 1.29 is 9.47 Å². The van der Waals surface area contributed by atoms with Crippen LogP contribution in [0.15, 0.2) is 18.2 Å². The van der Waals surface area contributed by atoms with E-state index in [9.17, 15) is 0 Å². The minimum Gasteiger partial charge on any atom is -0.490 e. The summed E-state index contributed by atoms with van der Waals surface area (Å²) < 4.78 is 11.5. The fourth-order valence-electron chi connectivity index (χ4n) is 2.53. The second-order valence-electron chi connectivity index (χ2n) is 5.01. The summed E-state index contributed by atoms with van der Waals surface area (Å²) in [5.41, 5.74) is 2.30. The smallest absolute Gasteiger partial charge is 0.124 e. The second kappa shape index (κ2) is 6.44. The van der Waals surface area contributed by atoms with E-state index in [0.717, 1.165) is 30.6 Å². The van der Waals surface area contributed by atoms with E-state index in [4.69, 9.17) is 21.1 Å². The number of methoxy groups -OCH3 is 1. The third-order valence-corrected chi connectivity index (χ3v) is 3.85. The van der Waals surface area contributed by atoms with Gasteiger partial charge in [0.05, 0.1) is 12.0 Å². The molecule has 1 aromatic rings. The molecule has 1 aromatic carbocycles. The van der Waals surface area contributed by atoms with Gasteiger partial charge in [0.2, 0.25) is 0 Å². The first-order valence-corrected chi connectivity index (χ1v) is 7.11. The van der Waals surface area contributed by atoms with Gasteiger partial charge in [0.15, 0.2) is 0 Å². The molecule has 0 bridgehead atoms. The van der Waals surface area contributed by atoms with E-state index in [1.54, 1.807) is 7.11 Å². The molecule has 1 aliphatic carbocycles. The van der Waals surface area contributed by atoms with Crippen molar-refractivity contribution in [2.24, 2.45) is 0 Å². The van der Waals surface area contributed by atoms with Crippen molar-refractivity contribution in [3.63, 3.8) is 0 Å². The maximum Gasteiger partial charge on any atom is 0.124 e. The fraction of sp³-hybridized carbons (Fsp3) is 0.600. The van der Waals surface area contributed by atoms with E-state index in [2.05, 4.69) is 19.1 Å². The molecule has 0 spiro atoms. The Morgan fingerprint density at radius 3 is 2.78 bits per heavy atom. The Bertz CT molecular complexity index is 392. The molecule has 2 nitrogen and oxygen atoms in total. The molecule has 0 aliphatic heterocycles. The van der Waals surface area contributed by atoms with Gasteiger partial charge in [-0.15, -0.1) is 11.6 Å². The van der Waals surface area contributed by atoms with Crippen molar-refractivity contribution in [1.29, 1.82) is 0 Å². The topological polar surface area (TPSA) is 18.5 Å². The van der Waals surface area contributed by atoms with Gasteiger partial charge < -0.3 is 9.47 Å². The molecule has 2 unspecified atom stereocenters. The maximum absolute atomic E-state index is 6.10. The molecule has 0 saturated heterocycles. The number of benzene rings is 1. The van der Waals surface area contributed by atoms with Crippen LogP contribution >= 0.6 is 11.6 Å². The van der Waals surface area contributed by atoms with Crippen LogP contribution in [0.5, 0.6) is 5.75 Å². The summed E-state index contributed by atoms with van der Waals surface area (Å²) in [5, 5.41) is 0. The van der Waals surface area contributed by atoms with E-state index >= 15 is 0 Å². The molecule has 0 radical (unpaired) electrons. The van der Waals surface area contributed by atoms with Gasteiger partial charge in [0.1, 0.15) is 11.9 Å². The van der Waals surface area contributed by atoms with E-state index in [1.807, 2.05) is 6.07 Å². The minimum absolute atomic E-state index is 0.258. The molecule has 0 N–H and O–H groups in total. The monoisotopic (exact) mass is 268 g/mol. The lowest BCUT2D eigenvalue weighted by molar-refractivity contribution is 0.0207. The molecule has 1 fully saturated rings. The standard InChI is InChI=1S/C15H21ClO2/c1-11-6-7-15(12(8-11)10-16)18-14-5-3-4-13(9-14)17-2/h6-8,13-14H,3-5,9-10H2,1-2H3. The molecule has 1 saturated carbocycles. The zero-order valence-corrected chi connectivity index (χ0v) is 11.9. The predicted octanol–water partition coefficient (Wildman–Crippen LogP) is 4.07. The molecule has 0 heterocycles. The highest BCUT2D eigenvalue weighted by atomic mass is 35.5. The van der Waals surface area contributed by atoms with Crippen LogP contribution in [-0.4, -0.2) is 19.3 Å². The van der Waals surface area contributed by atoms with Crippen LogP contribution in [0.1, 0.15) is 36.8 Å². The summed E-state index contributed by atoms with van der Waals surface area (Å²) in [5.74, 6) is 1.43. The van der Waals surface area contributed by atoms with Crippen molar-refractivity contribution in [2.75, 3.05) is 7.11 Å². The van der Waals surface area contributed by atoms with Crippen molar-refractivity contribution in [2.45, 2.75) is 50.7 Å². The fourth-order valence-corrected chi connectivity index (χ4v) is 2.74. The van der Waals surface area contributed by atoms with Crippen LogP contribution in [-0.2, 0) is 10.6 Å².